The van der Waals surface area contributed by atoms with E-state index in [2.05, 4.69) is 41.7 Å². The number of pyridine rings is 3. The predicted molar refractivity (Wildman–Crippen MR) is 220 cm³/mol. The molecule has 267 valence electrons. The van der Waals surface area contributed by atoms with Crippen LogP contribution in [0.2, 0.25) is 19.6 Å². The Labute approximate surface area is 339 Å². The first kappa shape index (κ1) is 28.7. The number of thiophene rings is 1. The van der Waals surface area contributed by atoms with Gasteiger partial charge >= 0.3 is 0 Å². The molecular weight excluding hydrogens is 847 g/mol. The van der Waals surface area contributed by atoms with Crippen molar-refractivity contribution in [3.63, 3.8) is 0 Å². The van der Waals surface area contributed by atoms with E-state index in [1.54, 1.807) is 12.3 Å². The third-order valence-electron chi connectivity index (χ3n) is 9.08. The van der Waals surface area contributed by atoms with Crippen molar-refractivity contribution in [2.45, 2.75) is 77.9 Å². The van der Waals surface area contributed by atoms with Gasteiger partial charge in [-0.1, -0.05) is 118 Å². The van der Waals surface area contributed by atoms with Crippen LogP contribution in [0.1, 0.15) is 73.9 Å². The van der Waals surface area contributed by atoms with Gasteiger partial charge < -0.3 is 9.97 Å². The van der Waals surface area contributed by atoms with Crippen LogP contribution in [0.3, 0.4) is 0 Å². The van der Waals surface area contributed by atoms with Gasteiger partial charge in [0.05, 0.1) is 20.6 Å². The van der Waals surface area contributed by atoms with Gasteiger partial charge in [0.15, 0.2) is 0 Å². The van der Waals surface area contributed by atoms with Gasteiger partial charge in [-0.2, -0.15) is 11.3 Å². The number of nitrogens with zero attached hydrogens (tertiary/aromatic N) is 3. The van der Waals surface area contributed by atoms with E-state index in [-0.39, 0.29) is 55.8 Å². The molecule has 3 aromatic carbocycles. The molecule has 4 heterocycles. The summed E-state index contributed by atoms with van der Waals surface area (Å²) in [6.07, 6.45) is 7.35. The quantitative estimate of drug-likeness (QED) is 0.118. The van der Waals surface area contributed by atoms with E-state index in [4.69, 9.17) is 16.0 Å². The molecular formula is C46H47IrN3SSi-2. The third-order valence-corrected chi connectivity index (χ3v) is 12.2. The molecule has 0 N–H and O–H groups in total. The second-order valence-corrected chi connectivity index (χ2v) is 20.3. The van der Waals surface area contributed by atoms with E-state index in [9.17, 15) is 0 Å². The van der Waals surface area contributed by atoms with Crippen molar-refractivity contribution in [1.82, 2.24) is 15.0 Å². The van der Waals surface area contributed by atoms with Gasteiger partial charge in [-0.05, 0) is 69.8 Å². The molecule has 0 unspecified atom stereocenters. The average Bonchev–Trinajstić information content (AvgIpc) is 3.61. The van der Waals surface area contributed by atoms with Crippen molar-refractivity contribution >= 4 is 44.9 Å². The van der Waals surface area contributed by atoms with Gasteiger partial charge in [-0.3, -0.25) is 0 Å². The third kappa shape index (κ3) is 8.69. The fourth-order valence-corrected chi connectivity index (χ4v) is 9.15. The van der Waals surface area contributed by atoms with Gasteiger partial charge in [-0.15, -0.1) is 59.7 Å². The Hall–Kier alpha value is -3.80. The molecule has 1 aliphatic rings. The summed E-state index contributed by atoms with van der Waals surface area (Å²) < 4.78 is 67.6. The van der Waals surface area contributed by atoms with Crippen molar-refractivity contribution in [2.75, 3.05) is 0 Å². The minimum absolute atomic E-state index is 0. The van der Waals surface area contributed by atoms with Crippen molar-refractivity contribution in [3.05, 3.63) is 133 Å². The molecule has 3 nitrogen and oxygen atoms in total. The van der Waals surface area contributed by atoms with Gasteiger partial charge in [-0.25, -0.2) is 4.98 Å². The van der Waals surface area contributed by atoms with Crippen molar-refractivity contribution in [1.29, 1.82) is 0 Å². The van der Waals surface area contributed by atoms with Crippen LogP contribution in [0.5, 0.6) is 0 Å². The fraction of sp³-hybridized carbons (Fsp3) is 0.283. The maximum atomic E-state index is 9.04. The summed E-state index contributed by atoms with van der Waals surface area (Å²) in [4.78, 5) is 14.7. The molecule has 0 bridgehead atoms. The van der Waals surface area contributed by atoms with Gasteiger partial charge in [0.2, 0.25) is 0 Å². The van der Waals surface area contributed by atoms with Crippen molar-refractivity contribution in [2.24, 2.45) is 5.92 Å². The van der Waals surface area contributed by atoms with Crippen LogP contribution in [-0.4, -0.2) is 23.0 Å². The molecule has 1 fully saturated rings. The summed E-state index contributed by atoms with van der Waals surface area (Å²) in [5.74, 6) is -0.665. The predicted octanol–water partition coefficient (Wildman–Crippen LogP) is 12.3. The number of rotatable bonds is 7. The monoisotopic (exact) mass is 902 g/mol. The Bertz CT molecular complexity index is 2650. The van der Waals surface area contributed by atoms with Crippen LogP contribution < -0.4 is 5.19 Å². The topological polar surface area (TPSA) is 38.7 Å². The fourth-order valence-electron chi connectivity index (χ4n) is 6.57. The Kier molecular flexibility index (Phi) is 9.32. The summed E-state index contributed by atoms with van der Waals surface area (Å²) in [5, 5.41) is 3.02. The molecule has 0 amide bonds. The maximum absolute atomic E-state index is 9.04. The Morgan fingerprint density at radius 3 is 2.42 bits per heavy atom. The summed E-state index contributed by atoms with van der Waals surface area (Å²) >= 11 is 1.47. The summed E-state index contributed by atoms with van der Waals surface area (Å²) in [5.41, 5.74) is 5.56. The van der Waals surface area contributed by atoms with Gasteiger partial charge in [0.1, 0.15) is 4.83 Å². The first-order valence-corrected chi connectivity index (χ1v) is 22.0. The van der Waals surface area contributed by atoms with Gasteiger partial charge in [0.25, 0.3) is 0 Å². The molecule has 0 saturated heterocycles. The molecule has 1 radical (unpaired) electrons. The van der Waals surface area contributed by atoms with E-state index in [0.29, 0.717) is 10.5 Å². The van der Waals surface area contributed by atoms with Crippen LogP contribution in [0, 0.1) is 18.1 Å². The largest absolute Gasteiger partial charge is 0.305 e. The first-order chi connectivity index (χ1) is 27.9. The van der Waals surface area contributed by atoms with E-state index >= 15 is 0 Å². The number of hydrogen-bond donors (Lipinski definition) is 0. The van der Waals surface area contributed by atoms with E-state index in [0.717, 1.165) is 80.0 Å². The zero-order chi connectivity index (χ0) is 42.4. The molecule has 52 heavy (non-hydrogen) atoms. The molecule has 4 aromatic heterocycles. The molecule has 8 rings (SSSR count). The maximum Gasteiger partial charge on any atom is 0.114 e. The standard InChI is InChI=1S/C28H23N2S.C18H24NSi.Ir/c1-3-8-19(9-4-1)21-16-17-29-26(18-21)24-13-7-12-22-23-14-15-25(20-10-5-2-6-11-20)30-28(23)31-27(22)24;1-14(2)11-16-12-17(15-9-7-6-8-10-15)19-13-18(16)20(3,4)5;/h2,5-7,10-12,14-19H,1,3-4,8-9H2;6-9,12-14H,11H2,1-5H3;/q2*-1;/i2D,5D,6D,10D,11D,19D;11D2;. The molecule has 0 spiro atoms. The number of benzene rings is 3. The van der Waals surface area contributed by atoms with E-state index in [1.165, 1.54) is 17.8 Å². The molecule has 7 aromatic rings. The van der Waals surface area contributed by atoms with E-state index < -0.39 is 26.4 Å². The van der Waals surface area contributed by atoms with Crippen molar-refractivity contribution < 1.29 is 31.1 Å². The Morgan fingerprint density at radius 1 is 0.885 bits per heavy atom. The first-order valence-electron chi connectivity index (χ1n) is 21.7. The molecule has 1 saturated carbocycles. The second-order valence-electron chi connectivity index (χ2n) is 14.3. The SMILES string of the molecule is [2H]C([2H])(c1cc(-c2[c-]cccc2)ncc1[Si](C)(C)C)C(C)C.[2H]c1c([2H])c([2H])c(-c2ccc3c(n2)sc2c(-c4cc(C5([2H])CCCCC5)ccn4)[c-]ccc23)c([2H])c1[2H].[Ir]. The van der Waals surface area contributed by atoms with Crippen LogP contribution >= 0.6 is 11.3 Å². The summed E-state index contributed by atoms with van der Waals surface area (Å²) in [6, 6.07) is 25.9. The van der Waals surface area contributed by atoms with Crippen LogP contribution in [0.4, 0.5) is 0 Å². The zero-order valence-electron chi connectivity index (χ0n) is 38.2. The normalized spacial score (nSPS) is 16.6. The zero-order valence-corrected chi connectivity index (χ0v) is 34.4. The molecule has 1 aliphatic carbocycles. The van der Waals surface area contributed by atoms with Crippen molar-refractivity contribution in [3.8, 4) is 33.8 Å². The van der Waals surface area contributed by atoms with Crippen LogP contribution in [0.25, 0.3) is 54.1 Å². The van der Waals surface area contributed by atoms with Crippen LogP contribution in [0.15, 0.2) is 109 Å². The summed E-state index contributed by atoms with van der Waals surface area (Å²) in [6.45, 7) is 10.6. The minimum Gasteiger partial charge on any atom is -0.305 e. The number of fused-ring (bicyclic) bond motifs is 3. The van der Waals surface area contributed by atoms with E-state index in [1.807, 2.05) is 80.7 Å². The second kappa shape index (κ2) is 16.9. The Morgan fingerprint density at radius 2 is 1.69 bits per heavy atom. The van der Waals surface area contributed by atoms with Gasteiger partial charge in [0, 0.05) is 42.2 Å². The summed E-state index contributed by atoms with van der Waals surface area (Å²) in [7, 11) is -1.67. The molecule has 6 heteroatoms. The average molecular weight is 902 g/mol. The minimum atomic E-state index is -1.67. The smallest absolute Gasteiger partial charge is 0.114 e. The molecule has 0 aliphatic heterocycles. The number of aromatic nitrogens is 3. The number of hydrogen-bond acceptors (Lipinski definition) is 4. The molecule has 0 atom stereocenters. The Balaban J connectivity index is 0.000000226. The van der Waals surface area contributed by atoms with Crippen LogP contribution in [-0.2, 0) is 26.5 Å².